The maximum Gasteiger partial charge on any atom is 0.138 e. The van der Waals surface area contributed by atoms with Gasteiger partial charge in [0.1, 0.15) is 12.2 Å². The number of rotatable bonds is 3. The Balaban J connectivity index is 2.08. The highest BCUT2D eigenvalue weighted by atomic mass is 15.3. The summed E-state index contributed by atoms with van der Waals surface area (Å²) in [6.45, 7) is 5.23. The van der Waals surface area contributed by atoms with Gasteiger partial charge in [0.25, 0.3) is 0 Å². The van der Waals surface area contributed by atoms with Crippen molar-refractivity contribution >= 4 is 0 Å². The van der Waals surface area contributed by atoms with E-state index in [1.165, 1.54) is 6.42 Å². The Morgan fingerprint density at radius 3 is 3.07 bits per heavy atom. The smallest absolute Gasteiger partial charge is 0.138 e. The van der Waals surface area contributed by atoms with Crippen LogP contribution in [0.15, 0.2) is 6.33 Å². The molecule has 2 atom stereocenters. The van der Waals surface area contributed by atoms with Gasteiger partial charge in [-0.3, -0.25) is 4.68 Å². The summed E-state index contributed by atoms with van der Waals surface area (Å²) in [6.07, 6.45) is 5.97. The first kappa shape index (κ1) is 10.6. The molecule has 1 heterocycles. The molecule has 4 nitrogen and oxygen atoms in total. The second-order valence-corrected chi connectivity index (χ2v) is 4.88. The van der Waals surface area contributed by atoms with Crippen LogP contribution in [0.25, 0.3) is 0 Å². The van der Waals surface area contributed by atoms with E-state index in [1.54, 1.807) is 6.33 Å². The van der Waals surface area contributed by atoms with Crippen LogP contribution < -0.4 is 5.73 Å². The zero-order valence-electron chi connectivity index (χ0n) is 9.61. The lowest BCUT2D eigenvalue weighted by Gasteiger charge is -2.23. The zero-order valence-corrected chi connectivity index (χ0v) is 9.61. The summed E-state index contributed by atoms with van der Waals surface area (Å²) in [5.41, 5.74) is 6.34. The highest BCUT2D eigenvalue weighted by Crippen LogP contribution is 2.34. The lowest BCUT2D eigenvalue weighted by molar-refractivity contribution is 0.399. The molecule has 0 amide bonds. The van der Waals surface area contributed by atoms with Crippen LogP contribution in [0.5, 0.6) is 0 Å². The summed E-state index contributed by atoms with van der Waals surface area (Å²) in [6, 6.07) is 0. The molecule has 2 rings (SSSR count). The van der Waals surface area contributed by atoms with E-state index in [0.29, 0.717) is 0 Å². The van der Waals surface area contributed by atoms with Crippen LogP contribution in [0.2, 0.25) is 0 Å². The van der Waals surface area contributed by atoms with Crippen LogP contribution in [0.1, 0.15) is 38.9 Å². The fraction of sp³-hybridized carbons (Fsp3) is 0.818. The molecular weight excluding hydrogens is 188 g/mol. The summed E-state index contributed by atoms with van der Waals surface area (Å²) in [7, 11) is 0. The lowest BCUT2D eigenvalue weighted by atomic mass is 9.93. The first-order valence-corrected chi connectivity index (χ1v) is 5.78. The molecule has 0 radical (unpaired) electrons. The van der Waals surface area contributed by atoms with Gasteiger partial charge in [0.15, 0.2) is 0 Å². The van der Waals surface area contributed by atoms with Crippen LogP contribution in [0, 0.1) is 5.92 Å². The van der Waals surface area contributed by atoms with Crippen molar-refractivity contribution in [1.82, 2.24) is 14.8 Å². The fourth-order valence-corrected chi connectivity index (χ4v) is 2.60. The van der Waals surface area contributed by atoms with E-state index >= 15 is 0 Å². The van der Waals surface area contributed by atoms with Crippen LogP contribution >= 0.6 is 0 Å². The number of hydrogen-bond acceptors (Lipinski definition) is 3. The Bertz CT molecular complexity index is 333. The molecule has 1 aliphatic rings. The topological polar surface area (TPSA) is 56.7 Å². The van der Waals surface area contributed by atoms with Crippen LogP contribution in [0.4, 0.5) is 0 Å². The van der Waals surface area contributed by atoms with E-state index in [9.17, 15) is 0 Å². The van der Waals surface area contributed by atoms with Crippen LogP contribution in [0.3, 0.4) is 0 Å². The maximum atomic E-state index is 6.38. The quantitative estimate of drug-likeness (QED) is 0.816. The number of nitrogens with zero attached hydrogens (tertiary/aromatic N) is 3. The minimum absolute atomic E-state index is 0.0423. The van der Waals surface area contributed by atoms with Crippen molar-refractivity contribution in [3.05, 3.63) is 12.2 Å². The molecule has 1 fully saturated rings. The van der Waals surface area contributed by atoms with Gasteiger partial charge in [-0.1, -0.05) is 6.92 Å². The van der Waals surface area contributed by atoms with Crippen LogP contribution in [-0.4, -0.2) is 20.3 Å². The number of aryl methyl sites for hydroxylation is 1. The van der Waals surface area contributed by atoms with Gasteiger partial charge in [0.05, 0.1) is 0 Å². The number of nitrogens with two attached hydrogens (primary N) is 1. The lowest BCUT2D eigenvalue weighted by Crippen LogP contribution is -2.40. The van der Waals surface area contributed by atoms with Gasteiger partial charge >= 0.3 is 0 Å². The molecule has 84 valence electrons. The van der Waals surface area contributed by atoms with Gasteiger partial charge in [0.2, 0.25) is 0 Å². The van der Waals surface area contributed by atoms with Gasteiger partial charge in [0, 0.05) is 18.5 Å². The summed E-state index contributed by atoms with van der Waals surface area (Å²) in [4.78, 5) is 4.29. The van der Waals surface area contributed by atoms with E-state index in [-0.39, 0.29) is 5.54 Å². The van der Waals surface area contributed by atoms with Crippen molar-refractivity contribution in [3.8, 4) is 0 Å². The Labute approximate surface area is 90.9 Å². The van der Waals surface area contributed by atoms with Crippen molar-refractivity contribution in [2.75, 3.05) is 0 Å². The van der Waals surface area contributed by atoms with E-state index in [4.69, 9.17) is 5.73 Å². The third-order valence-corrected chi connectivity index (χ3v) is 3.40. The Morgan fingerprint density at radius 1 is 1.67 bits per heavy atom. The first-order valence-electron chi connectivity index (χ1n) is 5.78. The second kappa shape index (κ2) is 3.93. The van der Waals surface area contributed by atoms with Crippen molar-refractivity contribution in [2.24, 2.45) is 11.7 Å². The molecule has 0 aliphatic heterocycles. The van der Waals surface area contributed by atoms with Crippen molar-refractivity contribution in [2.45, 2.75) is 51.6 Å². The minimum atomic E-state index is -0.0423. The van der Waals surface area contributed by atoms with E-state index in [0.717, 1.165) is 37.5 Å². The molecule has 1 saturated carbocycles. The van der Waals surface area contributed by atoms with Gasteiger partial charge in [-0.2, -0.15) is 5.10 Å². The standard InChI is InChI=1S/C11H20N4/c1-3-15-10(13-8-14-15)7-11(12)5-4-9(2)6-11/h8-9H,3-7,12H2,1-2H3. The second-order valence-electron chi connectivity index (χ2n) is 4.88. The minimum Gasteiger partial charge on any atom is -0.325 e. The van der Waals surface area contributed by atoms with Crippen LogP contribution in [-0.2, 0) is 13.0 Å². The molecule has 0 saturated heterocycles. The molecule has 4 heteroatoms. The Hall–Kier alpha value is -0.900. The SMILES string of the molecule is CCn1ncnc1CC1(N)CCC(C)C1. The normalized spacial score (nSPS) is 31.0. The third kappa shape index (κ3) is 2.20. The molecular formula is C11H20N4. The molecule has 2 unspecified atom stereocenters. The number of hydrogen-bond donors (Lipinski definition) is 1. The average molecular weight is 208 g/mol. The zero-order chi connectivity index (χ0) is 10.9. The molecule has 1 aromatic heterocycles. The number of aromatic nitrogens is 3. The van der Waals surface area contributed by atoms with Gasteiger partial charge in [-0.25, -0.2) is 4.98 Å². The summed E-state index contributed by atoms with van der Waals surface area (Å²) >= 11 is 0. The van der Waals surface area contributed by atoms with Crippen molar-refractivity contribution in [1.29, 1.82) is 0 Å². The Kier molecular flexibility index (Phi) is 2.78. The Morgan fingerprint density at radius 2 is 2.47 bits per heavy atom. The third-order valence-electron chi connectivity index (χ3n) is 3.40. The monoisotopic (exact) mass is 208 g/mol. The van der Waals surface area contributed by atoms with Gasteiger partial charge < -0.3 is 5.73 Å². The molecule has 1 aromatic rings. The van der Waals surface area contributed by atoms with E-state index < -0.39 is 0 Å². The van der Waals surface area contributed by atoms with Crippen molar-refractivity contribution in [3.63, 3.8) is 0 Å². The van der Waals surface area contributed by atoms with E-state index in [2.05, 4.69) is 23.9 Å². The van der Waals surface area contributed by atoms with Gasteiger partial charge in [-0.15, -0.1) is 0 Å². The van der Waals surface area contributed by atoms with Gasteiger partial charge in [-0.05, 0) is 32.1 Å². The molecule has 0 bridgehead atoms. The predicted molar refractivity (Wildman–Crippen MR) is 59.3 cm³/mol. The van der Waals surface area contributed by atoms with Crippen molar-refractivity contribution < 1.29 is 0 Å². The fourth-order valence-electron chi connectivity index (χ4n) is 2.60. The molecule has 0 spiro atoms. The van der Waals surface area contributed by atoms with E-state index in [1.807, 2.05) is 4.68 Å². The first-order chi connectivity index (χ1) is 7.13. The summed E-state index contributed by atoms with van der Waals surface area (Å²) in [5, 5.41) is 4.18. The highest BCUT2D eigenvalue weighted by molar-refractivity contribution is 5.01. The molecule has 2 N–H and O–H groups in total. The predicted octanol–water partition coefficient (Wildman–Crippen LogP) is 1.36. The maximum absolute atomic E-state index is 6.38. The largest absolute Gasteiger partial charge is 0.325 e. The highest BCUT2D eigenvalue weighted by Gasteiger charge is 2.34. The molecule has 15 heavy (non-hydrogen) atoms. The summed E-state index contributed by atoms with van der Waals surface area (Å²) < 4.78 is 1.94. The molecule has 1 aliphatic carbocycles. The average Bonchev–Trinajstić information content (AvgIpc) is 2.74. The summed E-state index contributed by atoms with van der Waals surface area (Å²) in [5.74, 6) is 1.79. The molecule has 0 aromatic carbocycles.